The highest BCUT2D eigenvalue weighted by Crippen LogP contribution is 2.34. The van der Waals surface area contributed by atoms with Gasteiger partial charge in [0.05, 0.1) is 11.1 Å². The summed E-state index contributed by atoms with van der Waals surface area (Å²) in [5, 5.41) is 3.18. The minimum absolute atomic E-state index is 0.464. The predicted molar refractivity (Wildman–Crippen MR) is 69.7 cm³/mol. The van der Waals surface area contributed by atoms with E-state index >= 15 is 0 Å². The van der Waals surface area contributed by atoms with E-state index in [1.807, 2.05) is 4.90 Å². The van der Waals surface area contributed by atoms with Crippen molar-refractivity contribution < 1.29 is 18.0 Å². The minimum atomic E-state index is -4.59. The van der Waals surface area contributed by atoms with Gasteiger partial charge in [-0.05, 0) is 31.2 Å². The van der Waals surface area contributed by atoms with E-state index in [1.54, 1.807) is 0 Å². The fraction of sp³-hybridized carbons (Fsp3) is 0.462. The molecule has 1 heterocycles. The van der Waals surface area contributed by atoms with Crippen LogP contribution in [-0.4, -0.2) is 32.1 Å². The molecule has 0 atom stereocenters. The fourth-order valence-corrected chi connectivity index (χ4v) is 2.28. The van der Waals surface area contributed by atoms with E-state index in [9.17, 15) is 18.0 Å². The van der Waals surface area contributed by atoms with Crippen molar-refractivity contribution in [1.82, 2.24) is 5.32 Å². The Kier molecular flexibility index (Phi) is 4.17. The van der Waals surface area contributed by atoms with Crippen molar-refractivity contribution >= 4 is 11.6 Å². The van der Waals surface area contributed by atoms with Gasteiger partial charge in [0.15, 0.2) is 0 Å². The first-order chi connectivity index (χ1) is 9.39. The molecule has 7 heteroatoms. The van der Waals surface area contributed by atoms with Crippen LogP contribution in [0.2, 0.25) is 0 Å². The summed E-state index contributed by atoms with van der Waals surface area (Å²) in [4.78, 5) is 13.0. The Morgan fingerprint density at radius 3 is 2.65 bits per heavy atom. The second kappa shape index (κ2) is 5.70. The SMILES string of the molecule is NC(=O)c1ccc(N2CCCNCC2)cc1C(F)(F)F. The Labute approximate surface area is 114 Å². The van der Waals surface area contributed by atoms with Gasteiger partial charge in [-0.15, -0.1) is 0 Å². The zero-order chi connectivity index (χ0) is 14.8. The molecule has 0 spiro atoms. The third-order valence-electron chi connectivity index (χ3n) is 3.28. The number of amides is 1. The molecule has 0 saturated carbocycles. The quantitative estimate of drug-likeness (QED) is 0.868. The van der Waals surface area contributed by atoms with Crippen LogP contribution in [0.25, 0.3) is 0 Å². The monoisotopic (exact) mass is 287 g/mol. The number of nitrogens with zero attached hydrogens (tertiary/aromatic N) is 1. The summed E-state index contributed by atoms with van der Waals surface area (Å²) >= 11 is 0. The number of nitrogens with two attached hydrogens (primary N) is 1. The van der Waals surface area contributed by atoms with E-state index in [-0.39, 0.29) is 0 Å². The number of carbonyl (C=O) groups excluding carboxylic acids is 1. The van der Waals surface area contributed by atoms with Crippen molar-refractivity contribution in [2.45, 2.75) is 12.6 Å². The molecule has 2 rings (SSSR count). The molecule has 3 N–H and O–H groups in total. The lowest BCUT2D eigenvalue weighted by Crippen LogP contribution is -2.28. The number of nitrogens with one attached hydrogen (secondary N) is 1. The molecule has 1 aromatic rings. The first-order valence-corrected chi connectivity index (χ1v) is 6.36. The van der Waals surface area contributed by atoms with Crippen molar-refractivity contribution in [3.8, 4) is 0 Å². The largest absolute Gasteiger partial charge is 0.417 e. The lowest BCUT2D eigenvalue weighted by molar-refractivity contribution is -0.137. The predicted octanol–water partition coefficient (Wildman–Crippen LogP) is 1.60. The lowest BCUT2D eigenvalue weighted by atomic mass is 10.0. The average Bonchev–Trinajstić information content (AvgIpc) is 2.65. The molecule has 1 saturated heterocycles. The van der Waals surface area contributed by atoms with E-state index < -0.39 is 23.2 Å². The number of alkyl halides is 3. The third kappa shape index (κ3) is 3.22. The van der Waals surface area contributed by atoms with E-state index in [0.717, 1.165) is 31.6 Å². The molecule has 1 aliphatic heterocycles. The van der Waals surface area contributed by atoms with Gasteiger partial charge in [0.25, 0.3) is 0 Å². The molecule has 0 bridgehead atoms. The molecule has 4 nitrogen and oxygen atoms in total. The fourth-order valence-electron chi connectivity index (χ4n) is 2.28. The van der Waals surface area contributed by atoms with Gasteiger partial charge in [-0.3, -0.25) is 4.79 Å². The van der Waals surface area contributed by atoms with Crippen molar-refractivity contribution in [2.24, 2.45) is 5.73 Å². The van der Waals surface area contributed by atoms with Crippen molar-refractivity contribution in [3.63, 3.8) is 0 Å². The van der Waals surface area contributed by atoms with Crippen LogP contribution >= 0.6 is 0 Å². The molecule has 1 aliphatic rings. The smallest absolute Gasteiger partial charge is 0.370 e. The van der Waals surface area contributed by atoms with Crippen LogP contribution in [-0.2, 0) is 6.18 Å². The van der Waals surface area contributed by atoms with E-state index in [1.165, 1.54) is 6.07 Å². The maximum atomic E-state index is 13.0. The lowest BCUT2D eigenvalue weighted by Gasteiger charge is -2.24. The molecule has 20 heavy (non-hydrogen) atoms. The Morgan fingerprint density at radius 2 is 2.00 bits per heavy atom. The van der Waals surface area contributed by atoms with E-state index in [4.69, 9.17) is 5.73 Å². The van der Waals surface area contributed by atoms with Gasteiger partial charge in [-0.2, -0.15) is 13.2 Å². The number of anilines is 1. The van der Waals surface area contributed by atoms with Gasteiger partial charge < -0.3 is 16.0 Å². The maximum absolute atomic E-state index is 13.0. The summed E-state index contributed by atoms with van der Waals surface area (Å²) in [5.41, 5.74) is 4.00. The third-order valence-corrected chi connectivity index (χ3v) is 3.28. The summed E-state index contributed by atoms with van der Waals surface area (Å²) in [6.07, 6.45) is -3.73. The van der Waals surface area contributed by atoms with E-state index in [0.29, 0.717) is 18.8 Å². The maximum Gasteiger partial charge on any atom is 0.417 e. The number of halogens is 3. The molecule has 1 aromatic carbocycles. The molecule has 0 unspecified atom stereocenters. The summed E-state index contributed by atoms with van der Waals surface area (Å²) in [6.45, 7) is 2.88. The normalized spacial score (nSPS) is 16.9. The molecule has 110 valence electrons. The number of hydrogen-bond donors (Lipinski definition) is 2. The summed E-state index contributed by atoms with van der Waals surface area (Å²) in [7, 11) is 0. The topological polar surface area (TPSA) is 58.4 Å². The van der Waals surface area contributed by atoms with Crippen molar-refractivity contribution in [3.05, 3.63) is 29.3 Å². The Morgan fingerprint density at radius 1 is 1.25 bits per heavy atom. The highest BCUT2D eigenvalue weighted by atomic mass is 19.4. The van der Waals surface area contributed by atoms with Gasteiger partial charge in [0.1, 0.15) is 0 Å². The van der Waals surface area contributed by atoms with Crippen molar-refractivity contribution in [1.29, 1.82) is 0 Å². The van der Waals surface area contributed by atoms with Crippen LogP contribution in [0.1, 0.15) is 22.3 Å². The second-order valence-electron chi connectivity index (χ2n) is 4.68. The second-order valence-corrected chi connectivity index (χ2v) is 4.68. The minimum Gasteiger partial charge on any atom is -0.370 e. The molecule has 1 fully saturated rings. The number of rotatable bonds is 2. The van der Waals surface area contributed by atoms with Gasteiger partial charge >= 0.3 is 6.18 Å². The number of benzene rings is 1. The van der Waals surface area contributed by atoms with Gasteiger partial charge in [-0.25, -0.2) is 0 Å². The summed E-state index contributed by atoms with van der Waals surface area (Å²) in [6, 6.07) is 3.67. The summed E-state index contributed by atoms with van der Waals surface area (Å²) in [5.74, 6) is -1.07. The Bertz CT molecular complexity index is 494. The number of primary amides is 1. The zero-order valence-corrected chi connectivity index (χ0v) is 10.8. The molecule has 0 aromatic heterocycles. The molecule has 0 aliphatic carbocycles. The molecule has 0 radical (unpaired) electrons. The van der Waals surface area contributed by atoms with Crippen LogP contribution in [0.15, 0.2) is 18.2 Å². The highest BCUT2D eigenvalue weighted by Gasteiger charge is 2.35. The Hall–Kier alpha value is -1.76. The molecule has 1 amide bonds. The van der Waals surface area contributed by atoms with E-state index in [2.05, 4.69) is 5.32 Å². The van der Waals surface area contributed by atoms with Gasteiger partial charge in [0.2, 0.25) is 5.91 Å². The van der Waals surface area contributed by atoms with Crippen LogP contribution in [0.4, 0.5) is 18.9 Å². The average molecular weight is 287 g/mol. The van der Waals surface area contributed by atoms with Gasteiger partial charge in [0, 0.05) is 25.3 Å². The zero-order valence-electron chi connectivity index (χ0n) is 10.8. The van der Waals surface area contributed by atoms with Crippen LogP contribution in [0, 0.1) is 0 Å². The first-order valence-electron chi connectivity index (χ1n) is 6.36. The Balaban J connectivity index is 2.38. The standard InChI is InChI=1S/C13H16F3N3O/c14-13(15,16)11-8-9(2-3-10(11)12(17)20)19-6-1-4-18-5-7-19/h2-3,8,18H,1,4-7H2,(H2,17,20). The van der Waals surface area contributed by atoms with Crippen LogP contribution in [0.3, 0.4) is 0 Å². The number of carbonyl (C=O) groups is 1. The van der Waals surface area contributed by atoms with Crippen LogP contribution in [0.5, 0.6) is 0 Å². The molecular weight excluding hydrogens is 271 g/mol. The van der Waals surface area contributed by atoms with Gasteiger partial charge in [-0.1, -0.05) is 0 Å². The van der Waals surface area contributed by atoms with Crippen LogP contribution < -0.4 is 16.0 Å². The highest BCUT2D eigenvalue weighted by molar-refractivity contribution is 5.95. The van der Waals surface area contributed by atoms with Crippen molar-refractivity contribution in [2.75, 3.05) is 31.1 Å². The number of hydrogen-bond acceptors (Lipinski definition) is 3. The molecular formula is C13H16F3N3O. The summed E-state index contributed by atoms with van der Waals surface area (Å²) < 4.78 is 39.0. The first kappa shape index (κ1) is 14.6.